The predicted octanol–water partition coefficient (Wildman–Crippen LogP) is 6.61. The Bertz CT molecular complexity index is 2010. The number of fused-ring (bicyclic) bond motifs is 2. The summed E-state index contributed by atoms with van der Waals surface area (Å²) in [6.45, 7) is 8.14. The molecule has 5 aromatic rings. The van der Waals surface area contributed by atoms with Crippen LogP contribution < -0.4 is 10.9 Å². The molecule has 0 saturated carbocycles. The molecule has 0 spiro atoms. The van der Waals surface area contributed by atoms with Crippen molar-refractivity contribution in [2.75, 3.05) is 26.8 Å². The number of amides is 2. The molecule has 1 fully saturated rings. The van der Waals surface area contributed by atoms with Gasteiger partial charge in [0.15, 0.2) is 0 Å². The number of benzene rings is 3. The second kappa shape index (κ2) is 15.3. The Morgan fingerprint density at radius 3 is 2.50 bits per heavy atom. The van der Waals surface area contributed by atoms with E-state index in [1.807, 2.05) is 98.6 Å². The third-order valence-electron chi connectivity index (χ3n) is 9.17. The quantitative estimate of drug-likeness (QED) is 0.158. The summed E-state index contributed by atoms with van der Waals surface area (Å²) < 4.78 is 14.8. The molecular formula is C40H47N5O5. The van der Waals surface area contributed by atoms with Gasteiger partial charge in [0.05, 0.1) is 11.0 Å². The van der Waals surface area contributed by atoms with E-state index in [1.54, 1.807) is 17.7 Å². The number of pyridine rings is 1. The zero-order chi connectivity index (χ0) is 35.3. The van der Waals surface area contributed by atoms with E-state index in [9.17, 15) is 14.4 Å². The molecule has 1 N–H and O–H groups in total. The van der Waals surface area contributed by atoms with E-state index in [4.69, 9.17) is 14.5 Å². The molecule has 3 heterocycles. The molecule has 1 saturated heterocycles. The smallest absolute Gasteiger partial charge is 0.407 e. The Labute approximate surface area is 293 Å². The lowest BCUT2D eigenvalue weighted by Crippen LogP contribution is -2.46. The summed E-state index contributed by atoms with van der Waals surface area (Å²) in [5, 5.41) is 4.84. The number of aromatic nitrogens is 3. The Hall–Kier alpha value is -4.96. The summed E-state index contributed by atoms with van der Waals surface area (Å²) in [7, 11) is 1.71. The summed E-state index contributed by atoms with van der Waals surface area (Å²) in [4.78, 5) is 46.7. The van der Waals surface area contributed by atoms with Gasteiger partial charge in [0.2, 0.25) is 5.91 Å². The van der Waals surface area contributed by atoms with Gasteiger partial charge in [-0.2, -0.15) is 0 Å². The average Bonchev–Trinajstić information content (AvgIpc) is 3.46. The van der Waals surface area contributed by atoms with Crippen LogP contribution in [0, 0.1) is 0 Å². The highest BCUT2D eigenvalue weighted by Crippen LogP contribution is 2.30. The fraction of sp³-hybridized carbons (Fsp3) is 0.400. The number of carbonyl (C=O) groups is 2. The maximum absolute atomic E-state index is 13.9. The maximum atomic E-state index is 13.9. The SMILES string of the molecule is COCCCn1c([C@@H]2CCCN(C(=O)C[C@@H](Cc3ccc(-n4cc5ccccc5cc4=O)cc3)NC(=O)OC(C)(C)C)C2)nc2ccccc21. The summed E-state index contributed by atoms with van der Waals surface area (Å²) >= 11 is 0. The Morgan fingerprint density at radius 1 is 1.00 bits per heavy atom. The van der Waals surface area contributed by atoms with Crippen molar-refractivity contribution >= 4 is 33.8 Å². The van der Waals surface area contributed by atoms with Crippen molar-refractivity contribution in [2.24, 2.45) is 0 Å². The third-order valence-corrected chi connectivity index (χ3v) is 9.17. The number of hydrogen-bond donors (Lipinski definition) is 1. The van der Waals surface area contributed by atoms with Crippen molar-refractivity contribution in [1.29, 1.82) is 0 Å². The van der Waals surface area contributed by atoms with E-state index in [0.29, 0.717) is 26.1 Å². The summed E-state index contributed by atoms with van der Waals surface area (Å²) in [6.07, 6.45) is 4.53. The normalized spacial score (nSPS) is 15.7. The number of alkyl carbamates (subject to hydrolysis) is 1. The second-order valence-corrected chi connectivity index (χ2v) is 14.2. The lowest BCUT2D eigenvalue weighted by Gasteiger charge is -2.34. The maximum Gasteiger partial charge on any atom is 0.407 e. The number of carbonyl (C=O) groups excluding carboxylic acids is 2. The lowest BCUT2D eigenvalue weighted by atomic mass is 9.95. The first-order valence-electron chi connectivity index (χ1n) is 17.5. The summed E-state index contributed by atoms with van der Waals surface area (Å²) in [5.74, 6) is 1.09. The minimum atomic E-state index is -0.678. The molecule has 6 rings (SSSR count). The fourth-order valence-electron chi connectivity index (χ4n) is 6.85. The van der Waals surface area contributed by atoms with Gasteiger partial charge in [-0.3, -0.25) is 14.2 Å². The fourth-order valence-corrected chi connectivity index (χ4v) is 6.85. The van der Waals surface area contributed by atoms with Gasteiger partial charge in [-0.25, -0.2) is 9.78 Å². The summed E-state index contributed by atoms with van der Waals surface area (Å²) in [5.41, 5.74) is 2.93. The number of rotatable bonds is 11. The van der Waals surface area contributed by atoms with E-state index in [1.165, 1.54) is 0 Å². The van der Waals surface area contributed by atoms with Gasteiger partial charge < -0.3 is 24.3 Å². The van der Waals surface area contributed by atoms with Gasteiger partial charge in [-0.15, -0.1) is 0 Å². The zero-order valence-corrected chi connectivity index (χ0v) is 29.4. The van der Waals surface area contributed by atoms with Crippen LogP contribution in [0.5, 0.6) is 0 Å². The van der Waals surface area contributed by atoms with E-state index in [2.05, 4.69) is 16.0 Å². The first-order valence-corrected chi connectivity index (χ1v) is 17.5. The van der Waals surface area contributed by atoms with Crippen molar-refractivity contribution in [3.8, 4) is 5.69 Å². The second-order valence-electron chi connectivity index (χ2n) is 14.2. The molecule has 1 aliphatic heterocycles. The number of imidazole rings is 1. The van der Waals surface area contributed by atoms with Gasteiger partial charge in [-0.1, -0.05) is 48.5 Å². The minimum absolute atomic E-state index is 0.0165. The van der Waals surface area contributed by atoms with Crippen molar-refractivity contribution in [1.82, 2.24) is 24.3 Å². The molecule has 10 nitrogen and oxygen atoms in total. The first kappa shape index (κ1) is 34.9. The van der Waals surface area contributed by atoms with Gasteiger partial charge >= 0.3 is 6.09 Å². The van der Waals surface area contributed by atoms with Gasteiger partial charge in [-0.05, 0) is 87.1 Å². The topological polar surface area (TPSA) is 108 Å². The predicted molar refractivity (Wildman–Crippen MR) is 196 cm³/mol. The van der Waals surface area contributed by atoms with Crippen molar-refractivity contribution in [3.05, 3.63) is 107 Å². The third kappa shape index (κ3) is 8.42. The molecule has 262 valence electrons. The molecule has 0 unspecified atom stereocenters. The van der Waals surface area contributed by atoms with Crippen LogP contribution in [0.4, 0.5) is 4.79 Å². The standard InChI is InChI=1S/C40H47N5O5/c1-40(2,3)50-39(48)41-32(23-28-16-18-33(19-17-28)45-27-30-12-6-5-11-29(30)24-37(45)47)25-36(46)43-20-9-13-31(26-43)38-42-34-14-7-8-15-35(34)44(38)21-10-22-49-4/h5-8,11-12,14-19,24,27,31-32H,9-10,13,20-23,25-26H2,1-4H3,(H,41,48)/t31-,32-/m1/s1. The number of piperidine rings is 1. The molecule has 2 amide bonds. The van der Waals surface area contributed by atoms with Crippen molar-refractivity contribution in [2.45, 2.75) is 77.0 Å². The van der Waals surface area contributed by atoms with Crippen LogP contribution in [-0.2, 0) is 27.2 Å². The average molecular weight is 678 g/mol. The van der Waals surface area contributed by atoms with Crippen LogP contribution in [0.2, 0.25) is 0 Å². The minimum Gasteiger partial charge on any atom is -0.444 e. The van der Waals surface area contributed by atoms with Crippen LogP contribution in [0.25, 0.3) is 27.5 Å². The highest BCUT2D eigenvalue weighted by atomic mass is 16.6. The number of ether oxygens (including phenoxy) is 2. The molecule has 10 heteroatoms. The first-order chi connectivity index (χ1) is 24.1. The molecule has 0 bridgehead atoms. The number of nitrogens with one attached hydrogen (secondary N) is 1. The number of para-hydroxylation sites is 2. The van der Waals surface area contributed by atoms with Crippen LogP contribution in [0.3, 0.4) is 0 Å². The molecule has 3 aromatic carbocycles. The van der Waals surface area contributed by atoms with Gasteiger partial charge in [0.1, 0.15) is 11.4 Å². The van der Waals surface area contributed by atoms with E-state index >= 15 is 0 Å². The molecule has 2 aromatic heterocycles. The van der Waals surface area contributed by atoms with Gasteiger partial charge in [0.25, 0.3) is 5.56 Å². The monoisotopic (exact) mass is 677 g/mol. The molecule has 0 radical (unpaired) electrons. The van der Waals surface area contributed by atoms with Crippen LogP contribution in [0.1, 0.15) is 63.8 Å². The number of likely N-dealkylation sites (tertiary alicyclic amines) is 1. The number of aryl methyl sites for hydroxylation is 1. The zero-order valence-electron chi connectivity index (χ0n) is 29.4. The van der Waals surface area contributed by atoms with Gasteiger partial charge in [0, 0.05) is 69.7 Å². The number of methoxy groups -OCH3 is 1. The Kier molecular flexibility index (Phi) is 10.7. The number of hydrogen-bond acceptors (Lipinski definition) is 6. The van der Waals surface area contributed by atoms with E-state index in [0.717, 1.165) is 64.7 Å². The highest BCUT2D eigenvalue weighted by Gasteiger charge is 2.30. The van der Waals surface area contributed by atoms with E-state index < -0.39 is 17.7 Å². The molecule has 1 aliphatic rings. The molecular weight excluding hydrogens is 630 g/mol. The molecule has 2 atom stereocenters. The number of nitrogens with zero attached hydrogens (tertiary/aromatic N) is 4. The largest absolute Gasteiger partial charge is 0.444 e. The Morgan fingerprint density at radius 2 is 1.74 bits per heavy atom. The summed E-state index contributed by atoms with van der Waals surface area (Å²) in [6, 6.07) is 24.8. The van der Waals surface area contributed by atoms with Crippen molar-refractivity contribution in [3.63, 3.8) is 0 Å². The lowest BCUT2D eigenvalue weighted by molar-refractivity contribution is -0.133. The molecule has 0 aliphatic carbocycles. The van der Waals surface area contributed by atoms with Crippen LogP contribution in [-0.4, -0.2) is 69.5 Å². The van der Waals surface area contributed by atoms with Crippen molar-refractivity contribution < 1.29 is 19.1 Å². The highest BCUT2D eigenvalue weighted by molar-refractivity contribution is 5.82. The molecule has 50 heavy (non-hydrogen) atoms. The van der Waals surface area contributed by atoms with Crippen LogP contribution >= 0.6 is 0 Å². The van der Waals surface area contributed by atoms with Crippen LogP contribution in [0.15, 0.2) is 89.9 Å². The van der Waals surface area contributed by atoms with E-state index in [-0.39, 0.29) is 23.8 Å². The Balaban J connectivity index is 1.18.